The maximum absolute atomic E-state index is 13.1. The summed E-state index contributed by atoms with van der Waals surface area (Å²) in [5.41, 5.74) is 4.39. The Kier molecular flexibility index (Phi) is 6.09. The predicted octanol–water partition coefficient (Wildman–Crippen LogP) is 3.30. The molecule has 3 aromatic rings. The highest BCUT2D eigenvalue weighted by Gasteiger charge is 2.44. The molecule has 4 amide bonds. The second-order valence-electron chi connectivity index (χ2n) is 11.3. The number of hydrogen-bond acceptors (Lipinski definition) is 8. The van der Waals surface area contributed by atoms with Crippen molar-refractivity contribution in [1.82, 2.24) is 25.0 Å². The van der Waals surface area contributed by atoms with Crippen LogP contribution >= 0.6 is 0 Å². The summed E-state index contributed by atoms with van der Waals surface area (Å²) in [6, 6.07) is 8.26. The lowest BCUT2D eigenvalue weighted by molar-refractivity contribution is -0.136. The lowest BCUT2D eigenvalue weighted by Gasteiger charge is -2.35. The van der Waals surface area contributed by atoms with Crippen molar-refractivity contribution < 1.29 is 23.9 Å². The fourth-order valence-electron chi connectivity index (χ4n) is 6.06. The highest BCUT2D eigenvalue weighted by Crippen LogP contribution is 2.46. The summed E-state index contributed by atoms with van der Waals surface area (Å²) < 4.78 is 7.49. The van der Waals surface area contributed by atoms with Crippen LogP contribution in [0.2, 0.25) is 0 Å². The number of amides is 4. The van der Waals surface area contributed by atoms with Gasteiger partial charge in [-0.2, -0.15) is 5.10 Å². The molecule has 2 aliphatic heterocycles. The van der Waals surface area contributed by atoms with Gasteiger partial charge in [0.15, 0.2) is 0 Å². The average Bonchev–Trinajstić information content (AvgIpc) is 3.66. The molecule has 41 heavy (non-hydrogen) atoms. The first-order valence-electron chi connectivity index (χ1n) is 14.1. The first-order valence-corrected chi connectivity index (χ1v) is 14.1. The van der Waals surface area contributed by atoms with E-state index in [0.717, 1.165) is 65.5 Å². The van der Waals surface area contributed by atoms with Crippen molar-refractivity contribution in [3.63, 3.8) is 0 Å². The van der Waals surface area contributed by atoms with E-state index in [0.29, 0.717) is 17.9 Å². The van der Waals surface area contributed by atoms with Gasteiger partial charge in [0.2, 0.25) is 11.8 Å². The number of methoxy groups -OCH3 is 1. The maximum atomic E-state index is 13.1. The number of carbonyl (C=O) groups is 4. The second kappa shape index (κ2) is 9.83. The second-order valence-corrected chi connectivity index (χ2v) is 11.3. The van der Waals surface area contributed by atoms with Gasteiger partial charge in [0.1, 0.15) is 11.8 Å². The number of nitrogens with zero attached hydrogens (tertiary/aromatic N) is 4. The van der Waals surface area contributed by atoms with Gasteiger partial charge in [0.25, 0.3) is 11.8 Å². The van der Waals surface area contributed by atoms with Crippen molar-refractivity contribution >= 4 is 29.3 Å². The summed E-state index contributed by atoms with van der Waals surface area (Å²) in [4.78, 5) is 55.4. The molecule has 7 rings (SSSR count). The molecule has 3 fully saturated rings. The van der Waals surface area contributed by atoms with E-state index >= 15 is 0 Å². The molecule has 2 aromatic heterocycles. The molecule has 1 saturated heterocycles. The van der Waals surface area contributed by atoms with E-state index in [2.05, 4.69) is 26.5 Å². The average molecular weight is 555 g/mol. The molecule has 11 nitrogen and oxygen atoms in total. The highest BCUT2D eigenvalue weighted by molar-refractivity contribution is 6.23. The molecule has 4 aliphatic rings. The molecule has 0 spiro atoms. The first kappa shape index (κ1) is 25.4. The third-order valence-electron chi connectivity index (χ3n) is 8.59. The van der Waals surface area contributed by atoms with Gasteiger partial charge in [0.05, 0.1) is 35.7 Å². The number of benzene rings is 1. The standard InChI is InChI=1S/C30H30N6O5/c1-41-20-8-9-31-24(13-20)23-15-35(34-27(23)17-2-3-17)19-10-16(11-19)14-32-18-4-5-21-22(12-18)30(40)36(29(21)39)25-6-7-26(37)33-28(25)38/h4-5,8-9,12-13,15-17,19,25,32H,2-3,6-7,10-11,14H2,1H3,(H,33,37,38). The lowest BCUT2D eigenvalue weighted by Crippen LogP contribution is -2.54. The Balaban J connectivity index is 0.989. The fraction of sp³-hybridized carbons (Fsp3) is 0.400. The van der Waals surface area contributed by atoms with E-state index in [1.54, 1.807) is 31.5 Å². The van der Waals surface area contributed by atoms with Crippen LogP contribution in [-0.4, -0.2) is 63.0 Å². The van der Waals surface area contributed by atoms with Crippen molar-refractivity contribution in [3.8, 4) is 17.0 Å². The molecule has 1 unspecified atom stereocenters. The van der Waals surface area contributed by atoms with Crippen molar-refractivity contribution in [2.45, 2.75) is 56.5 Å². The normalized spacial score (nSPS) is 23.7. The summed E-state index contributed by atoms with van der Waals surface area (Å²) in [7, 11) is 1.66. The third kappa shape index (κ3) is 4.55. The summed E-state index contributed by atoms with van der Waals surface area (Å²) in [6.07, 6.45) is 8.41. The topological polar surface area (TPSA) is 136 Å². The van der Waals surface area contributed by atoms with Gasteiger partial charge >= 0.3 is 0 Å². The summed E-state index contributed by atoms with van der Waals surface area (Å²) in [5, 5.41) is 10.6. The van der Waals surface area contributed by atoms with Crippen molar-refractivity contribution in [2.24, 2.45) is 5.92 Å². The van der Waals surface area contributed by atoms with Crippen molar-refractivity contribution in [1.29, 1.82) is 0 Å². The van der Waals surface area contributed by atoms with Crippen LogP contribution in [0.5, 0.6) is 5.75 Å². The number of anilines is 1. The Hall–Kier alpha value is -4.54. The van der Waals surface area contributed by atoms with Crippen molar-refractivity contribution in [3.05, 3.63) is 59.5 Å². The monoisotopic (exact) mass is 554 g/mol. The third-order valence-corrected chi connectivity index (χ3v) is 8.59. The quantitative estimate of drug-likeness (QED) is 0.405. The van der Waals surface area contributed by atoms with Crippen LogP contribution in [0.15, 0.2) is 42.7 Å². The molecule has 4 heterocycles. The first-order chi connectivity index (χ1) is 19.9. The zero-order valence-electron chi connectivity index (χ0n) is 22.6. The van der Waals surface area contributed by atoms with Crippen molar-refractivity contribution in [2.75, 3.05) is 19.0 Å². The lowest BCUT2D eigenvalue weighted by atomic mass is 9.80. The Morgan fingerprint density at radius 2 is 1.80 bits per heavy atom. The molecular weight excluding hydrogens is 524 g/mol. The SMILES string of the molecule is COc1ccnc(-c2cn(C3CC(CNc4ccc5c(c4)C(=O)N(C4CCC(=O)NC4=O)C5=O)C3)nc2C2CC2)c1. The van der Waals surface area contributed by atoms with E-state index in [1.807, 2.05) is 12.1 Å². The van der Waals surface area contributed by atoms with E-state index < -0.39 is 29.7 Å². The summed E-state index contributed by atoms with van der Waals surface area (Å²) >= 11 is 0. The Bertz CT molecular complexity index is 1590. The number of rotatable bonds is 8. The largest absolute Gasteiger partial charge is 0.497 e. The maximum Gasteiger partial charge on any atom is 0.262 e. The fourth-order valence-corrected chi connectivity index (χ4v) is 6.06. The van der Waals surface area contributed by atoms with Gasteiger partial charge in [-0.05, 0) is 62.3 Å². The Labute approximate surface area is 236 Å². The van der Waals surface area contributed by atoms with Gasteiger partial charge < -0.3 is 10.1 Å². The van der Waals surface area contributed by atoms with Gasteiger partial charge in [-0.15, -0.1) is 0 Å². The Morgan fingerprint density at radius 1 is 1.00 bits per heavy atom. The summed E-state index contributed by atoms with van der Waals surface area (Å²) in [5.74, 6) is -0.283. The minimum absolute atomic E-state index is 0.0959. The number of fused-ring (bicyclic) bond motifs is 1. The van der Waals surface area contributed by atoms with E-state index in [1.165, 1.54) is 0 Å². The molecule has 2 aliphatic carbocycles. The number of aromatic nitrogens is 3. The molecule has 210 valence electrons. The molecule has 0 radical (unpaired) electrons. The zero-order chi connectivity index (χ0) is 28.2. The Morgan fingerprint density at radius 3 is 2.56 bits per heavy atom. The number of imide groups is 2. The smallest absolute Gasteiger partial charge is 0.262 e. The van der Waals surface area contributed by atoms with Crippen LogP contribution in [-0.2, 0) is 9.59 Å². The molecular formula is C30H30N6O5. The molecule has 1 atom stereocenters. The van der Waals surface area contributed by atoms with Gasteiger partial charge in [-0.25, -0.2) is 0 Å². The van der Waals surface area contributed by atoms with E-state index in [4.69, 9.17) is 9.84 Å². The summed E-state index contributed by atoms with van der Waals surface area (Å²) in [6.45, 7) is 0.731. The van der Waals surface area contributed by atoms with Crippen LogP contribution in [0.3, 0.4) is 0 Å². The van der Waals surface area contributed by atoms with Crippen LogP contribution in [0.4, 0.5) is 5.69 Å². The number of carbonyl (C=O) groups excluding carboxylic acids is 4. The molecule has 11 heteroatoms. The minimum atomic E-state index is -0.966. The van der Waals surface area contributed by atoms with Gasteiger partial charge in [-0.3, -0.25) is 39.1 Å². The molecule has 1 aromatic carbocycles. The number of piperidine rings is 1. The van der Waals surface area contributed by atoms with E-state index in [-0.39, 0.29) is 24.0 Å². The van der Waals surface area contributed by atoms with Crippen LogP contribution < -0.4 is 15.4 Å². The number of nitrogens with one attached hydrogen (secondary N) is 2. The molecule has 2 saturated carbocycles. The molecule has 0 bridgehead atoms. The zero-order valence-corrected chi connectivity index (χ0v) is 22.6. The predicted molar refractivity (Wildman–Crippen MR) is 147 cm³/mol. The van der Waals surface area contributed by atoms with Crippen LogP contribution in [0.25, 0.3) is 11.3 Å². The molecule has 2 N–H and O–H groups in total. The number of ether oxygens (including phenoxy) is 1. The van der Waals surface area contributed by atoms with Crippen LogP contribution in [0, 0.1) is 5.92 Å². The van der Waals surface area contributed by atoms with Crippen LogP contribution in [0.1, 0.15) is 76.9 Å². The van der Waals surface area contributed by atoms with Gasteiger partial charge in [0, 0.05) is 48.6 Å². The minimum Gasteiger partial charge on any atom is -0.497 e. The highest BCUT2D eigenvalue weighted by atomic mass is 16.5. The number of hydrogen-bond donors (Lipinski definition) is 2. The number of pyridine rings is 1. The van der Waals surface area contributed by atoms with Gasteiger partial charge in [-0.1, -0.05) is 0 Å². The van der Waals surface area contributed by atoms with E-state index in [9.17, 15) is 19.2 Å².